The fourth-order valence-corrected chi connectivity index (χ4v) is 3.02. The average Bonchev–Trinajstić information content (AvgIpc) is 2.41. The molecule has 0 unspecified atom stereocenters. The molecule has 0 N–H and O–H groups in total. The van der Waals surface area contributed by atoms with Crippen LogP contribution in [0.4, 0.5) is 5.82 Å². The van der Waals surface area contributed by atoms with Crippen molar-refractivity contribution in [2.45, 2.75) is 57.9 Å². The van der Waals surface area contributed by atoms with Crippen molar-refractivity contribution in [2.24, 2.45) is 0 Å². The molecule has 1 aliphatic rings. The molecule has 0 radical (unpaired) electrons. The molecule has 0 aliphatic heterocycles. The van der Waals surface area contributed by atoms with Gasteiger partial charge < -0.3 is 4.90 Å². The molecule has 1 aromatic rings. The number of hydrogen-bond acceptors (Lipinski definition) is 3. The zero-order valence-electron chi connectivity index (χ0n) is 11.3. The van der Waals surface area contributed by atoms with Crippen molar-refractivity contribution in [1.29, 1.82) is 0 Å². The van der Waals surface area contributed by atoms with Crippen LogP contribution in [-0.2, 0) is 6.42 Å². The molecule has 0 saturated heterocycles. The van der Waals surface area contributed by atoms with Crippen molar-refractivity contribution >= 4 is 17.4 Å². The highest BCUT2D eigenvalue weighted by Crippen LogP contribution is 2.29. The van der Waals surface area contributed by atoms with Gasteiger partial charge in [0.05, 0.1) is 0 Å². The van der Waals surface area contributed by atoms with Crippen LogP contribution in [0.15, 0.2) is 6.33 Å². The zero-order valence-corrected chi connectivity index (χ0v) is 12.1. The standard InChI is InChI=1S/C14H22ClN3/c1-3-7-12-13(15)16-10-17-14(12)18(2)11-8-5-4-6-9-11/h10-11H,3-9H2,1-2H3. The van der Waals surface area contributed by atoms with Crippen molar-refractivity contribution < 1.29 is 0 Å². The summed E-state index contributed by atoms with van der Waals surface area (Å²) in [7, 11) is 2.15. The van der Waals surface area contributed by atoms with Crippen molar-refractivity contribution in [3.05, 3.63) is 17.0 Å². The van der Waals surface area contributed by atoms with E-state index in [0.29, 0.717) is 11.2 Å². The summed E-state index contributed by atoms with van der Waals surface area (Å²) in [5, 5.41) is 0.615. The van der Waals surface area contributed by atoms with E-state index in [0.717, 1.165) is 24.2 Å². The van der Waals surface area contributed by atoms with Gasteiger partial charge in [-0.2, -0.15) is 0 Å². The van der Waals surface area contributed by atoms with E-state index in [9.17, 15) is 0 Å². The van der Waals surface area contributed by atoms with Gasteiger partial charge in [-0.05, 0) is 19.3 Å². The quantitative estimate of drug-likeness (QED) is 0.776. The van der Waals surface area contributed by atoms with Gasteiger partial charge in [0.25, 0.3) is 0 Å². The Morgan fingerprint density at radius 3 is 2.67 bits per heavy atom. The van der Waals surface area contributed by atoms with Gasteiger partial charge in [-0.25, -0.2) is 9.97 Å². The Labute approximate surface area is 115 Å². The van der Waals surface area contributed by atoms with Crippen molar-refractivity contribution in [3.8, 4) is 0 Å². The van der Waals surface area contributed by atoms with Gasteiger partial charge in [0.2, 0.25) is 0 Å². The monoisotopic (exact) mass is 267 g/mol. The van der Waals surface area contributed by atoms with E-state index < -0.39 is 0 Å². The van der Waals surface area contributed by atoms with Crippen LogP contribution >= 0.6 is 11.6 Å². The molecular weight excluding hydrogens is 246 g/mol. The normalized spacial score (nSPS) is 16.8. The Kier molecular flexibility index (Phi) is 4.81. The molecule has 1 aromatic heterocycles. The van der Waals surface area contributed by atoms with Crippen LogP contribution in [0.1, 0.15) is 51.0 Å². The summed E-state index contributed by atoms with van der Waals surface area (Å²) in [5.74, 6) is 1.03. The Morgan fingerprint density at radius 2 is 2.00 bits per heavy atom. The maximum atomic E-state index is 6.21. The molecule has 0 aromatic carbocycles. The lowest BCUT2D eigenvalue weighted by molar-refractivity contribution is 0.425. The van der Waals surface area contributed by atoms with Crippen molar-refractivity contribution in [1.82, 2.24) is 9.97 Å². The third-order valence-electron chi connectivity index (χ3n) is 3.83. The summed E-state index contributed by atoms with van der Waals surface area (Å²) in [6, 6.07) is 0.611. The molecule has 4 heteroatoms. The lowest BCUT2D eigenvalue weighted by atomic mass is 9.94. The second kappa shape index (κ2) is 6.37. The van der Waals surface area contributed by atoms with Crippen LogP contribution in [-0.4, -0.2) is 23.1 Å². The molecule has 0 bridgehead atoms. The second-order valence-corrected chi connectivity index (χ2v) is 5.48. The van der Waals surface area contributed by atoms with Crippen LogP contribution < -0.4 is 4.90 Å². The minimum absolute atomic E-state index is 0.611. The molecule has 100 valence electrons. The second-order valence-electron chi connectivity index (χ2n) is 5.12. The van der Waals surface area contributed by atoms with Crippen molar-refractivity contribution in [2.75, 3.05) is 11.9 Å². The number of anilines is 1. The molecule has 0 amide bonds. The smallest absolute Gasteiger partial charge is 0.137 e. The third-order valence-corrected chi connectivity index (χ3v) is 4.15. The van der Waals surface area contributed by atoms with E-state index in [1.807, 2.05) is 0 Å². The summed E-state index contributed by atoms with van der Waals surface area (Å²) < 4.78 is 0. The lowest BCUT2D eigenvalue weighted by Crippen LogP contribution is -2.34. The van der Waals surface area contributed by atoms with Gasteiger partial charge in [-0.15, -0.1) is 0 Å². The van der Waals surface area contributed by atoms with Crippen LogP contribution in [0, 0.1) is 0 Å². The topological polar surface area (TPSA) is 29.0 Å². The molecule has 0 spiro atoms. The average molecular weight is 268 g/mol. The molecule has 1 heterocycles. The van der Waals surface area contributed by atoms with Crippen LogP contribution in [0.3, 0.4) is 0 Å². The fourth-order valence-electron chi connectivity index (χ4n) is 2.79. The van der Waals surface area contributed by atoms with E-state index in [-0.39, 0.29) is 0 Å². The summed E-state index contributed by atoms with van der Waals surface area (Å²) in [6.45, 7) is 2.16. The van der Waals surface area contributed by atoms with Crippen molar-refractivity contribution in [3.63, 3.8) is 0 Å². The van der Waals surface area contributed by atoms with E-state index in [1.54, 1.807) is 6.33 Å². The molecule has 18 heavy (non-hydrogen) atoms. The van der Waals surface area contributed by atoms with Gasteiger partial charge in [0, 0.05) is 18.7 Å². The summed E-state index contributed by atoms with van der Waals surface area (Å²) in [5.41, 5.74) is 1.11. The Hall–Kier alpha value is -0.830. The summed E-state index contributed by atoms with van der Waals surface area (Å²) in [6.07, 6.45) is 10.2. The summed E-state index contributed by atoms with van der Waals surface area (Å²) in [4.78, 5) is 10.9. The molecule has 3 nitrogen and oxygen atoms in total. The van der Waals surface area contributed by atoms with Gasteiger partial charge in [0.1, 0.15) is 17.3 Å². The SMILES string of the molecule is CCCc1c(Cl)ncnc1N(C)C1CCCCC1. The predicted molar refractivity (Wildman–Crippen MR) is 76.3 cm³/mol. The number of aromatic nitrogens is 2. The van der Waals surface area contributed by atoms with Gasteiger partial charge >= 0.3 is 0 Å². The highest BCUT2D eigenvalue weighted by atomic mass is 35.5. The maximum absolute atomic E-state index is 6.21. The molecule has 2 rings (SSSR count). The van der Waals surface area contributed by atoms with Crippen LogP contribution in [0.25, 0.3) is 0 Å². The third kappa shape index (κ3) is 2.94. The van der Waals surface area contributed by atoms with Crippen LogP contribution in [0.5, 0.6) is 0 Å². The van der Waals surface area contributed by atoms with E-state index >= 15 is 0 Å². The summed E-state index contributed by atoms with van der Waals surface area (Å²) >= 11 is 6.21. The Balaban J connectivity index is 2.22. The molecule has 1 aliphatic carbocycles. The number of rotatable bonds is 4. The lowest BCUT2D eigenvalue weighted by Gasteiger charge is -2.33. The Morgan fingerprint density at radius 1 is 1.28 bits per heavy atom. The minimum atomic E-state index is 0.611. The highest BCUT2D eigenvalue weighted by molar-refractivity contribution is 6.30. The first-order valence-electron chi connectivity index (χ1n) is 6.96. The van der Waals surface area contributed by atoms with E-state index in [2.05, 4.69) is 28.8 Å². The minimum Gasteiger partial charge on any atom is -0.356 e. The first-order chi connectivity index (χ1) is 8.74. The van der Waals surface area contributed by atoms with Gasteiger partial charge in [0.15, 0.2) is 0 Å². The molecular formula is C14H22ClN3. The number of hydrogen-bond donors (Lipinski definition) is 0. The largest absolute Gasteiger partial charge is 0.356 e. The first-order valence-corrected chi connectivity index (χ1v) is 7.34. The molecule has 1 fully saturated rings. The van der Waals surface area contributed by atoms with Gasteiger partial charge in [-0.1, -0.05) is 44.2 Å². The fraction of sp³-hybridized carbons (Fsp3) is 0.714. The maximum Gasteiger partial charge on any atom is 0.137 e. The highest BCUT2D eigenvalue weighted by Gasteiger charge is 2.22. The predicted octanol–water partition coefficient (Wildman–Crippen LogP) is 3.85. The Bertz CT molecular complexity index is 389. The van der Waals surface area contributed by atoms with Gasteiger partial charge in [-0.3, -0.25) is 0 Å². The zero-order chi connectivity index (χ0) is 13.0. The molecule has 0 atom stereocenters. The van der Waals surface area contributed by atoms with E-state index in [1.165, 1.54) is 32.1 Å². The van der Waals surface area contributed by atoms with E-state index in [4.69, 9.17) is 11.6 Å². The van der Waals surface area contributed by atoms with Crippen LogP contribution in [0.2, 0.25) is 5.15 Å². The number of nitrogens with zero attached hydrogens (tertiary/aromatic N) is 3. The number of halogens is 1. The molecule has 1 saturated carbocycles. The first kappa shape index (κ1) is 13.6.